The van der Waals surface area contributed by atoms with E-state index in [9.17, 15) is 14.0 Å². The standard InChI is InChI=1S/C30H25FN6O2/c1-17-11-12-33-16-22(17)28-34-24-14-19(18-5-8-21(23(31)13-18)29(38)32-2)6-9-25(24)37(28)20-7-10-26-27(15-20)36(4)30(39)35(26)3/h5-16H,1-4H3,(H,32,38). The average molecular weight is 521 g/mol. The highest BCUT2D eigenvalue weighted by atomic mass is 19.1. The van der Waals surface area contributed by atoms with Crippen molar-refractivity contribution in [3.05, 3.63) is 100 Å². The number of rotatable bonds is 4. The van der Waals surface area contributed by atoms with Crippen LogP contribution < -0.4 is 11.0 Å². The van der Waals surface area contributed by atoms with Crippen LogP contribution in [0.3, 0.4) is 0 Å². The minimum Gasteiger partial charge on any atom is -0.355 e. The molecule has 0 spiro atoms. The molecule has 3 aromatic heterocycles. The van der Waals surface area contributed by atoms with Crippen molar-refractivity contribution in [2.75, 3.05) is 7.05 Å². The first-order valence-electron chi connectivity index (χ1n) is 12.4. The second-order valence-corrected chi connectivity index (χ2v) is 9.51. The Kier molecular flexibility index (Phi) is 5.64. The summed E-state index contributed by atoms with van der Waals surface area (Å²) in [6.45, 7) is 2.01. The summed E-state index contributed by atoms with van der Waals surface area (Å²) in [5, 5.41) is 2.45. The first-order chi connectivity index (χ1) is 18.8. The number of carbonyl (C=O) groups is 1. The fourth-order valence-electron chi connectivity index (χ4n) is 5.05. The lowest BCUT2D eigenvalue weighted by Crippen LogP contribution is -2.19. The zero-order valence-corrected chi connectivity index (χ0v) is 21.9. The smallest absolute Gasteiger partial charge is 0.328 e. The number of aromatic nitrogens is 5. The number of hydrogen-bond donors (Lipinski definition) is 1. The first kappa shape index (κ1) is 24.3. The highest BCUT2D eigenvalue weighted by Gasteiger charge is 2.19. The second-order valence-electron chi connectivity index (χ2n) is 9.51. The highest BCUT2D eigenvalue weighted by Crippen LogP contribution is 2.33. The van der Waals surface area contributed by atoms with Crippen LogP contribution in [-0.4, -0.2) is 36.6 Å². The Morgan fingerprint density at radius 3 is 2.36 bits per heavy atom. The number of hydrogen-bond acceptors (Lipinski definition) is 4. The van der Waals surface area contributed by atoms with Crippen molar-refractivity contribution in [2.24, 2.45) is 14.1 Å². The van der Waals surface area contributed by atoms with Crippen molar-refractivity contribution in [3.63, 3.8) is 0 Å². The van der Waals surface area contributed by atoms with Gasteiger partial charge in [-0.3, -0.25) is 23.5 Å². The van der Waals surface area contributed by atoms with E-state index in [1.54, 1.807) is 41.7 Å². The number of nitrogens with zero attached hydrogens (tertiary/aromatic N) is 5. The highest BCUT2D eigenvalue weighted by molar-refractivity contribution is 5.95. The molecule has 1 N–H and O–H groups in total. The predicted octanol–water partition coefficient (Wildman–Crippen LogP) is 4.75. The van der Waals surface area contributed by atoms with Crippen molar-refractivity contribution in [1.29, 1.82) is 0 Å². The molecule has 194 valence electrons. The minimum absolute atomic E-state index is 0.00773. The van der Waals surface area contributed by atoms with Crippen LogP contribution in [0, 0.1) is 12.7 Å². The van der Waals surface area contributed by atoms with E-state index in [1.807, 2.05) is 49.4 Å². The minimum atomic E-state index is -0.592. The Morgan fingerprint density at radius 2 is 1.62 bits per heavy atom. The number of carbonyl (C=O) groups excluding carboxylic acids is 1. The predicted molar refractivity (Wildman–Crippen MR) is 150 cm³/mol. The van der Waals surface area contributed by atoms with Gasteiger partial charge in [-0.1, -0.05) is 12.1 Å². The van der Waals surface area contributed by atoms with Crippen LogP contribution in [0.2, 0.25) is 0 Å². The molecule has 0 radical (unpaired) electrons. The molecule has 6 rings (SSSR count). The summed E-state index contributed by atoms with van der Waals surface area (Å²) in [6, 6.07) is 18.2. The summed E-state index contributed by atoms with van der Waals surface area (Å²) < 4.78 is 20.0. The van der Waals surface area contributed by atoms with Crippen molar-refractivity contribution in [1.82, 2.24) is 29.0 Å². The van der Waals surface area contributed by atoms with E-state index < -0.39 is 11.7 Å². The van der Waals surface area contributed by atoms with Gasteiger partial charge in [-0.05, 0) is 72.1 Å². The summed E-state index contributed by atoms with van der Waals surface area (Å²) in [7, 11) is 4.98. The molecule has 0 saturated heterocycles. The fourth-order valence-corrected chi connectivity index (χ4v) is 5.05. The van der Waals surface area contributed by atoms with Gasteiger partial charge < -0.3 is 5.32 Å². The molecule has 0 aliphatic carbocycles. The van der Waals surface area contributed by atoms with Gasteiger partial charge in [0, 0.05) is 44.8 Å². The van der Waals surface area contributed by atoms with Gasteiger partial charge in [-0.15, -0.1) is 0 Å². The van der Waals surface area contributed by atoms with Gasteiger partial charge in [0.2, 0.25) is 0 Å². The number of imidazole rings is 2. The fraction of sp³-hybridized carbons (Fsp3) is 0.133. The molecule has 6 aromatic rings. The molecule has 9 heteroatoms. The number of nitrogens with one attached hydrogen (secondary N) is 1. The van der Waals surface area contributed by atoms with E-state index in [1.165, 1.54) is 19.2 Å². The lowest BCUT2D eigenvalue weighted by molar-refractivity contribution is 0.0959. The van der Waals surface area contributed by atoms with Crippen LogP contribution in [0.4, 0.5) is 4.39 Å². The number of halogens is 1. The van der Waals surface area contributed by atoms with Gasteiger partial charge in [0.25, 0.3) is 5.91 Å². The van der Waals surface area contributed by atoms with Gasteiger partial charge in [0.05, 0.1) is 27.6 Å². The monoisotopic (exact) mass is 520 g/mol. The molecule has 0 fully saturated rings. The van der Waals surface area contributed by atoms with Crippen molar-refractivity contribution in [3.8, 4) is 28.2 Å². The topological polar surface area (TPSA) is 86.7 Å². The van der Waals surface area contributed by atoms with Crippen molar-refractivity contribution in [2.45, 2.75) is 6.92 Å². The summed E-state index contributed by atoms with van der Waals surface area (Å²) in [6.07, 6.45) is 3.53. The van der Waals surface area contributed by atoms with Crippen LogP contribution >= 0.6 is 0 Å². The maximum Gasteiger partial charge on any atom is 0.328 e. The zero-order valence-electron chi connectivity index (χ0n) is 21.9. The number of pyridine rings is 1. The third-order valence-corrected chi connectivity index (χ3v) is 7.22. The number of benzene rings is 3. The molecule has 0 atom stereocenters. The van der Waals surface area contributed by atoms with Crippen LogP contribution in [-0.2, 0) is 14.1 Å². The van der Waals surface area contributed by atoms with Crippen molar-refractivity contribution >= 4 is 28.0 Å². The Labute approximate surface area is 223 Å². The van der Waals surface area contributed by atoms with Crippen molar-refractivity contribution < 1.29 is 9.18 Å². The van der Waals surface area contributed by atoms with E-state index in [2.05, 4.69) is 14.9 Å². The molecule has 39 heavy (non-hydrogen) atoms. The zero-order chi connectivity index (χ0) is 27.4. The second kappa shape index (κ2) is 9.05. The maximum absolute atomic E-state index is 14.7. The molecule has 3 aromatic carbocycles. The molecular formula is C30H25FN6O2. The molecule has 0 unspecified atom stereocenters. The van der Waals surface area contributed by atoms with Gasteiger partial charge in [-0.2, -0.15) is 0 Å². The van der Waals surface area contributed by atoms with Gasteiger partial charge >= 0.3 is 5.69 Å². The number of fused-ring (bicyclic) bond motifs is 2. The molecular weight excluding hydrogens is 495 g/mol. The van der Waals surface area contributed by atoms with Gasteiger partial charge in [0.15, 0.2) is 0 Å². The Bertz CT molecular complexity index is 2000. The third-order valence-electron chi connectivity index (χ3n) is 7.22. The Balaban J connectivity index is 1.58. The molecule has 0 bridgehead atoms. The maximum atomic E-state index is 14.7. The normalized spacial score (nSPS) is 11.4. The van der Waals surface area contributed by atoms with E-state index in [0.717, 1.165) is 38.9 Å². The summed E-state index contributed by atoms with van der Waals surface area (Å²) >= 11 is 0. The van der Waals surface area contributed by atoms with Crippen LogP contribution in [0.5, 0.6) is 0 Å². The van der Waals surface area contributed by atoms with Crippen LogP contribution in [0.15, 0.2) is 77.9 Å². The molecule has 0 aliphatic rings. The van der Waals surface area contributed by atoms with E-state index in [0.29, 0.717) is 16.9 Å². The van der Waals surface area contributed by atoms with E-state index in [4.69, 9.17) is 4.98 Å². The summed E-state index contributed by atoms with van der Waals surface area (Å²) in [5.74, 6) is -0.363. The average Bonchev–Trinajstić information content (AvgIpc) is 3.43. The lowest BCUT2D eigenvalue weighted by Gasteiger charge is -2.12. The lowest BCUT2D eigenvalue weighted by atomic mass is 10.0. The quantitative estimate of drug-likeness (QED) is 0.363. The van der Waals surface area contributed by atoms with Crippen LogP contribution in [0.25, 0.3) is 50.3 Å². The first-order valence-corrected chi connectivity index (χ1v) is 12.4. The molecule has 8 nitrogen and oxygen atoms in total. The largest absolute Gasteiger partial charge is 0.355 e. The summed E-state index contributed by atoms with van der Waals surface area (Å²) in [4.78, 5) is 33.8. The van der Waals surface area contributed by atoms with E-state index in [-0.39, 0.29) is 11.3 Å². The molecule has 3 heterocycles. The third kappa shape index (κ3) is 3.82. The number of amides is 1. The Hall–Kier alpha value is -5.05. The van der Waals surface area contributed by atoms with Gasteiger partial charge in [0.1, 0.15) is 11.6 Å². The Morgan fingerprint density at radius 1 is 0.897 bits per heavy atom. The van der Waals surface area contributed by atoms with E-state index >= 15 is 0 Å². The molecule has 1 amide bonds. The summed E-state index contributed by atoms with van der Waals surface area (Å²) in [5.41, 5.74) is 7.23. The SMILES string of the molecule is CNC(=O)c1ccc(-c2ccc3c(c2)nc(-c2cnccc2C)n3-c2ccc3c(c2)n(C)c(=O)n3C)cc1F. The molecule has 0 aliphatic heterocycles. The van der Waals surface area contributed by atoms with Crippen LogP contribution in [0.1, 0.15) is 15.9 Å². The number of aryl methyl sites for hydroxylation is 3. The van der Waals surface area contributed by atoms with Gasteiger partial charge in [-0.25, -0.2) is 14.2 Å². The molecule has 0 saturated carbocycles.